The summed E-state index contributed by atoms with van der Waals surface area (Å²) in [6.07, 6.45) is -0.570. The molecule has 4 atom stereocenters. The maximum atomic E-state index is 13.8. The summed E-state index contributed by atoms with van der Waals surface area (Å²) < 4.78 is 11.4. The highest BCUT2D eigenvalue weighted by Gasteiger charge is 2.48. The van der Waals surface area contributed by atoms with E-state index < -0.39 is 77.0 Å². The fourth-order valence-corrected chi connectivity index (χ4v) is 6.28. The summed E-state index contributed by atoms with van der Waals surface area (Å²) in [5.74, 6) is -3.21. The smallest absolute Gasteiger partial charge is 0.240 e. The first-order valence-corrected chi connectivity index (χ1v) is 16.1. The molecule has 0 fully saturated rings. The summed E-state index contributed by atoms with van der Waals surface area (Å²) in [5.41, 5.74) is 13.2. The number of aliphatic hydroxyl groups is 3. The molecule has 2 aliphatic rings. The van der Waals surface area contributed by atoms with Gasteiger partial charge in [-0.15, -0.1) is 0 Å². The van der Waals surface area contributed by atoms with E-state index in [0.717, 1.165) is 0 Å². The van der Waals surface area contributed by atoms with Crippen molar-refractivity contribution in [2.75, 3.05) is 26.9 Å². The van der Waals surface area contributed by atoms with Crippen LogP contribution in [0.15, 0.2) is 28.4 Å². The van der Waals surface area contributed by atoms with Gasteiger partial charge in [-0.1, -0.05) is 30.6 Å². The lowest BCUT2D eigenvalue weighted by atomic mass is 9.71. The first kappa shape index (κ1) is 37.3. The number of methoxy groups -OCH3 is 1. The predicted molar refractivity (Wildman–Crippen MR) is 176 cm³/mol. The molecule has 16 nitrogen and oxygen atoms in total. The zero-order valence-corrected chi connectivity index (χ0v) is 27.4. The van der Waals surface area contributed by atoms with Gasteiger partial charge in [0.05, 0.1) is 48.3 Å². The van der Waals surface area contributed by atoms with Gasteiger partial charge in [-0.25, -0.2) is 5.43 Å². The number of rotatable bonds is 16. The molecule has 4 rings (SSSR count). The van der Waals surface area contributed by atoms with Gasteiger partial charge in [0.1, 0.15) is 22.8 Å². The Balaban J connectivity index is 1.73. The van der Waals surface area contributed by atoms with Crippen molar-refractivity contribution in [1.29, 1.82) is 0 Å². The van der Waals surface area contributed by atoms with Crippen molar-refractivity contribution in [2.24, 2.45) is 15.9 Å². The largest absolute Gasteiger partial charge is 0.507 e. The number of phenolic OH excluding ortho intramolecular Hbond substituents is 2. The number of azide groups is 1. The molecule has 2 aromatic carbocycles. The number of amides is 1. The standard InChI is InChI=1S/C33H42N6O10/c1-3-20(41)19(34)11-13-49-22-15-33(47,23(16-40)37-38-24(42)10-5-4-6-12-36-39-35)14-18-26(22)32(46)28-27(30(18)44)29(43)17-8-7-9-21(48-2)25(17)31(28)45/h7-9,19-20,22,40-41,44,46-47H,3-6,10-16,34H2,1-2H3,(H,38,42)/b37-23+/t19?,20?,22?,33-/m0/s1. The molecule has 2 aliphatic carbocycles. The highest BCUT2D eigenvalue weighted by Crippen LogP contribution is 2.52. The molecular formula is C33H42N6O10. The molecule has 8 N–H and O–H groups in total. The van der Waals surface area contributed by atoms with E-state index in [-0.39, 0.29) is 59.6 Å². The molecule has 0 saturated carbocycles. The number of unbranched alkanes of at least 4 members (excludes halogenated alkanes) is 2. The number of nitrogens with one attached hydrogen (secondary N) is 1. The van der Waals surface area contributed by atoms with Crippen molar-refractivity contribution < 1.29 is 49.4 Å². The molecule has 2 aromatic rings. The van der Waals surface area contributed by atoms with Gasteiger partial charge in [-0.05, 0) is 37.3 Å². The van der Waals surface area contributed by atoms with Gasteiger partial charge in [0.15, 0.2) is 5.78 Å². The molecule has 0 aliphatic heterocycles. The SMILES string of the molecule is CCC(O)C(N)CCOC1C[C@](O)(/C(CO)=N/NC(=O)CCCCCN=[N+]=[N-])Cc2c(O)c3c(c(O)c21)C(=O)c1c(OC)cccc1C3=O. The van der Waals surface area contributed by atoms with E-state index in [1.165, 1.54) is 25.3 Å². The first-order valence-electron chi connectivity index (χ1n) is 16.1. The number of benzene rings is 2. The second kappa shape index (κ2) is 16.2. The summed E-state index contributed by atoms with van der Waals surface area (Å²) >= 11 is 0. The number of ether oxygens (including phenoxy) is 2. The monoisotopic (exact) mass is 682 g/mol. The summed E-state index contributed by atoms with van der Waals surface area (Å²) in [6.45, 7) is 1.17. The number of aromatic hydroxyl groups is 2. The Morgan fingerprint density at radius 2 is 1.90 bits per heavy atom. The zero-order valence-electron chi connectivity index (χ0n) is 27.4. The summed E-state index contributed by atoms with van der Waals surface area (Å²) in [5, 5.41) is 63.1. The number of fused-ring (bicyclic) bond motifs is 3. The highest BCUT2D eigenvalue weighted by atomic mass is 16.5. The van der Waals surface area contributed by atoms with Gasteiger partial charge in [-0.2, -0.15) is 5.10 Å². The number of hydrogen-bond acceptors (Lipinski definition) is 13. The number of aliphatic hydroxyl groups excluding tert-OH is 2. The highest BCUT2D eigenvalue weighted by molar-refractivity contribution is 6.31. The van der Waals surface area contributed by atoms with Crippen LogP contribution in [0.2, 0.25) is 0 Å². The maximum Gasteiger partial charge on any atom is 0.240 e. The molecule has 0 heterocycles. The van der Waals surface area contributed by atoms with E-state index in [9.17, 15) is 39.9 Å². The van der Waals surface area contributed by atoms with E-state index in [0.29, 0.717) is 32.2 Å². The third-order valence-electron chi connectivity index (χ3n) is 8.99. The van der Waals surface area contributed by atoms with Crippen molar-refractivity contribution in [3.63, 3.8) is 0 Å². The van der Waals surface area contributed by atoms with E-state index >= 15 is 0 Å². The van der Waals surface area contributed by atoms with Crippen LogP contribution in [-0.2, 0) is 16.0 Å². The number of hydrazone groups is 1. The Labute approximate surface area is 282 Å². The molecule has 0 saturated heterocycles. The number of nitrogens with two attached hydrogens (primary N) is 1. The van der Waals surface area contributed by atoms with E-state index in [1.807, 2.05) is 0 Å². The summed E-state index contributed by atoms with van der Waals surface area (Å²) in [6, 6.07) is 3.73. The topological polar surface area (TPSA) is 270 Å². The molecule has 3 unspecified atom stereocenters. The van der Waals surface area contributed by atoms with Crippen molar-refractivity contribution in [3.8, 4) is 17.2 Å². The lowest BCUT2D eigenvalue weighted by Crippen LogP contribution is -2.48. The number of hydrogen-bond donors (Lipinski definition) is 7. The van der Waals surface area contributed by atoms with Crippen molar-refractivity contribution in [2.45, 2.75) is 82.1 Å². The maximum absolute atomic E-state index is 13.8. The first-order chi connectivity index (χ1) is 23.4. The van der Waals surface area contributed by atoms with Crippen LogP contribution >= 0.6 is 0 Å². The average Bonchev–Trinajstić information content (AvgIpc) is 3.09. The minimum atomic E-state index is -2.07. The van der Waals surface area contributed by atoms with Crippen LogP contribution in [0, 0.1) is 0 Å². The van der Waals surface area contributed by atoms with Gasteiger partial charge >= 0.3 is 0 Å². The van der Waals surface area contributed by atoms with Gasteiger partial charge in [0.25, 0.3) is 0 Å². The van der Waals surface area contributed by atoms with Gasteiger partial charge < -0.3 is 40.7 Å². The van der Waals surface area contributed by atoms with E-state index in [2.05, 4.69) is 20.6 Å². The molecule has 0 radical (unpaired) electrons. The van der Waals surface area contributed by atoms with Gasteiger partial charge in [0.2, 0.25) is 11.7 Å². The predicted octanol–water partition coefficient (Wildman–Crippen LogP) is 2.44. The Bertz CT molecular complexity index is 1670. The molecule has 1 amide bonds. The Morgan fingerprint density at radius 1 is 1.16 bits per heavy atom. The average molecular weight is 683 g/mol. The fraction of sp³-hybridized carbons (Fsp3) is 0.515. The summed E-state index contributed by atoms with van der Waals surface area (Å²) in [4.78, 5) is 42.7. The summed E-state index contributed by atoms with van der Waals surface area (Å²) in [7, 11) is 1.33. The number of ketones is 2. The normalized spacial score (nSPS) is 19.6. The second-order valence-electron chi connectivity index (χ2n) is 12.1. The van der Waals surface area contributed by atoms with Crippen LogP contribution in [0.1, 0.15) is 101 Å². The molecule has 16 heteroatoms. The Hall–Kier alpha value is -4.57. The van der Waals surface area contributed by atoms with Crippen LogP contribution in [0.5, 0.6) is 17.2 Å². The number of carbonyl (C=O) groups is 3. The molecule has 0 aromatic heterocycles. The molecular weight excluding hydrogens is 640 g/mol. The molecule has 264 valence electrons. The van der Waals surface area contributed by atoms with Crippen molar-refractivity contribution in [3.05, 3.63) is 62.0 Å². The van der Waals surface area contributed by atoms with Gasteiger partial charge in [0, 0.05) is 60.1 Å². The lowest BCUT2D eigenvalue weighted by Gasteiger charge is -2.40. The van der Waals surface area contributed by atoms with Crippen molar-refractivity contribution in [1.82, 2.24) is 5.43 Å². The minimum absolute atomic E-state index is 0.0490. The fourth-order valence-electron chi connectivity index (χ4n) is 6.28. The third kappa shape index (κ3) is 7.69. The van der Waals surface area contributed by atoms with E-state index in [4.69, 9.17) is 20.7 Å². The van der Waals surface area contributed by atoms with Gasteiger partial charge in [-0.3, -0.25) is 14.4 Å². The lowest BCUT2D eigenvalue weighted by molar-refractivity contribution is -0.121. The van der Waals surface area contributed by atoms with Crippen LogP contribution in [0.3, 0.4) is 0 Å². The number of phenols is 2. The van der Waals surface area contributed by atoms with Crippen LogP contribution in [-0.4, -0.2) is 93.3 Å². The van der Waals surface area contributed by atoms with Crippen LogP contribution < -0.4 is 15.9 Å². The second-order valence-corrected chi connectivity index (χ2v) is 12.1. The Morgan fingerprint density at radius 3 is 2.57 bits per heavy atom. The van der Waals surface area contributed by atoms with Crippen molar-refractivity contribution >= 4 is 23.2 Å². The zero-order chi connectivity index (χ0) is 35.9. The number of nitrogens with zero attached hydrogens (tertiary/aromatic N) is 4. The third-order valence-corrected chi connectivity index (χ3v) is 8.99. The Kier molecular flexibility index (Phi) is 12.3. The minimum Gasteiger partial charge on any atom is -0.507 e. The van der Waals surface area contributed by atoms with E-state index in [1.54, 1.807) is 6.92 Å². The number of carbonyl (C=O) groups excluding carboxylic acids is 3. The van der Waals surface area contributed by atoms with Crippen LogP contribution in [0.4, 0.5) is 0 Å². The van der Waals surface area contributed by atoms with Crippen LogP contribution in [0.25, 0.3) is 10.4 Å². The molecule has 0 bridgehead atoms. The quantitative estimate of drug-likeness (QED) is 0.0219. The molecule has 49 heavy (non-hydrogen) atoms. The molecule has 0 spiro atoms.